The van der Waals surface area contributed by atoms with Crippen molar-refractivity contribution in [2.45, 2.75) is 24.5 Å². The van der Waals surface area contributed by atoms with Gasteiger partial charge in [0.25, 0.3) is 0 Å². The topological polar surface area (TPSA) is 209 Å². The van der Waals surface area contributed by atoms with Crippen LogP contribution in [0, 0.1) is 0 Å². The highest BCUT2D eigenvalue weighted by Gasteiger charge is 2.45. The Balaban J connectivity index is 1.21. The number of nitrogens with one attached hydrogen (secondary N) is 1. The molecule has 0 bridgehead atoms. The number of aliphatic hydroxyl groups is 2. The van der Waals surface area contributed by atoms with Crippen LogP contribution in [-0.2, 0) is 18.4 Å². The van der Waals surface area contributed by atoms with Gasteiger partial charge in [0.1, 0.15) is 18.3 Å². The molecule has 228 valence electrons. The maximum atomic E-state index is 12.1. The van der Waals surface area contributed by atoms with E-state index in [1.54, 1.807) is 0 Å². The van der Waals surface area contributed by atoms with Crippen LogP contribution in [-0.4, -0.2) is 75.2 Å². The Morgan fingerprint density at radius 2 is 1.61 bits per heavy atom. The number of rotatable bonds is 8. The molecule has 14 nitrogen and oxygen atoms in total. The average molecular weight is 660 g/mol. The molecule has 0 spiro atoms. The molecule has 44 heavy (non-hydrogen) atoms. The summed E-state index contributed by atoms with van der Waals surface area (Å²) < 4.78 is 35.0. The van der Waals surface area contributed by atoms with Gasteiger partial charge in [-0.3, -0.25) is 13.7 Å². The predicted molar refractivity (Wildman–Crippen MR) is 162 cm³/mol. The van der Waals surface area contributed by atoms with E-state index in [1.165, 1.54) is 10.9 Å². The fraction of sp³-hybridized carbons (Fsp3) is 0.222. The third-order valence-electron chi connectivity index (χ3n) is 7.59. The molecule has 17 heteroatoms. The fourth-order valence-corrected chi connectivity index (χ4v) is 8.43. The number of fused-ring (bicyclic) bond motifs is 1. The first kappa shape index (κ1) is 29.5. The third-order valence-corrected chi connectivity index (χ3v) is 11.2. The largest absolute Gasteiger partial charge is 0.387 e. The Kier molecular flexibility index (Phi) is 7.15. The van der Waals surface area contributed by atoms with Gasteiger partial charge in [0.2, 0.25) is 5.28 Å². The van der Waals surface area contributed by atoms with Crippen molar-refractivity contribution in [2.24, 2.45) is 0 Å². The van der Waals surface area contributed by atoms with Crippen LogP contribution in [0.4, 0.5) is 11.5 Å². The molecule has 7 rings (SSSR count). The summed E-state index contributed by atoms with van der Waals surface area (Å²) in [6.07, 6.45) is -4.41. The summed E-state index contributed by atoms with van der Waals surface area (Å²) in [4.78, 5) is 40.8. The molecular weight excluding hydrogens is 636 g/mol. The van der Waals surface area contributed by atoms with E-state index < -0.39 is 52.2 Å². The van der Waals surface area contributed by atoms with E-state index in [1.807, 2.05) is 24.3 Å². The first-order chi connectivity index (χ1) is 20.9. The van der Waals surface area contributed by atoms with Crippen molar-refractivity contribution in [1.82, 2.24) is 19.5 Å². The highest BCUT2D eigenvalue weighted by Crippen LogP contribution is 2.55. The molecule has 0 amide bonds. The molecule has 0 aliphatic carbocycles. The zero-order chi connectivity index (χ0) is 31.0. The maximum absolute atomic E-state index is 12.1. The molecule has 1 fully saturated rings. The Bertz CT molecular complexity index is 2140. The smallest absolute Gasteiger partial charge is 0.340 e. The number of hydrogen-bond donors (Lipinski definition) is 6. The molecule has 6 aromatic rings. The van der Waals surface area contributed by atoms with E-state index in [9.17, 15) is 24.2 Å². The number of benzene rings is 4. The van der Waals surface area contributed by atoms with Crippen molar-refractivity contribution >= 4 is 81.8 Å². The van der Waals surface area contributed by atoms with Crippen molar-refractivity contribution < 1.29 is 43.3 Å². The van der Waals surface area contributed by atoms with E-state index in [0.29, 0.717) is 0 Å². The van der Waals surface area contributed by atoms with Crippen LogP contribution >= 0.6 is 26.8 Å². The lowest BCUT2D eigenvalue weighted by Gasteiger charge is -2.18. The molecule has 0 radical (unpaired) electrons. The summed E-state index contributed by atoms with van der Waals surface area (Å²) in [6, 6.07) is 18.3. The summed E-state index contributed by atoms with van der Waals surface area (Å²) >= 11 is 6.32. The number of hydrogen-bond acceptors (Lipinski definition) is 10. The van der Waals surface area contributed by atoms with Crippen molar-refractivity contribution in [3.63, 3.8) is 0 Å². The van der Waals surface area contributed by atoms with E-state index >= 15 is 0 Å². The number of nitrogens with zero attached hydrogens (tertiary/aromatic N) is 4. The van der Waals surface area contributed by atoms with Gasteiger partial charge in [-0.05, 0) is 44.6 Å². The van der Waals surface area contributed by atoms with Crippen LogP contribution < -0.4 is 5.32 Å². The van der Waals surface area contributed by atoms with Gasteiger partial charge in [-0.15, -0.1) is 0 Å². The number of imidazole rings is 1. The van der Waals surface area contributed by atoms with Crippen molar-refractivity contribution in [3.05, 3.63) is 66.2 Å². The molecule has 0 saturated carbocycles. The van der Waals surface area contributed by atoms with Crippen LogP contribution in [0.2, 0.25) is 5.28 Å². The first-order valence-corrected chi connectivity index (χ1v) is 17.2. The number of aliphatic hydroxyl groups excluding tert-OH is 2. The van der Waals surface area contributed by atoms with Crippen molar-refractivity contribution in [3.8, 4) is 0 Å². The molecule has 4 aromatic carbocycles. The molecular formula is C27H24ClN5O9P2. The fourth-order valence-electron chi connectivity index (χ4n) is 5.70. The number of ether oxygens (including phenoxy) is 1. The van der Waals surface area contributed by atoms with Gasteiger partial charge in [-0.1, -0.05) is 48.5 Å². The van der Waals surface area contributed by atoms with Gasteiger partial charge >= 0.3 is 15.2 Å². The summed E-state index contributed by atoms with van der Waals surface area (Å²) in [5.41, 5.74) is 1.19. The number of halogens is 1. The molecule has 1 saturated heterocycles. The van der Waals surface area contributed by atoms with Gasteiger partial charge in [0, 0.05) is 11.1 Å². The summed E-state index contributed by atoms with van der Waals surface area (Å²) in [6.45, 7) is -0.730. The van der Waals surface area contributed by atoms with Crippen molar-refractivity contribution in [1.29, 1.82) is 0 Å². The molecule has 2 unspecified atom stereocenters. The highest BCUT2D eigenvalue weighted by molar-refractivity contribution is 7.70. The summed E-state index contributed by atoms with van der Waals surface area (Å²) in [5, 5.41) is 31.0. The second kappa shape index (κ2) is 10.7. The van der Waals surface area contributed by atoms with E-state index in [0.717, 1.165) is 38.0 Å². The van der Waals surface area contributed by atoms with Gasteiger partial charge in [-0.25, -0.2) is 4.98 Å². The zero-order valence-electron chi connectivity index (χ0n) is 22.4. The summed E-state index contributed by atoms with van der Waals surface area (Å²) in [5.74, 6) is -1.13. The van der Waals surface area contributed by atoms with Gasteiger partial charge in [0.05, 0.1) is 12.9 Å². The minimum absolute atomic E-state index is 0.133. The Hall–Kier alpha value is -3.26. The highest BCUT2D eigenvalue weighted by atomic mass is 35.5. The van der Waals surface area contributed by atoms with Crippen LogP contribution in [0.15, 0.2) is 60.9 Å². The lowest BCUT2D eigenvalue weighted by atomic mass is 9.93. The summed E-state index contributed by atoms with van der Waals surface area (Å²) in [7, 11) is -9.57. The quantitative estimate of drug-likeness (QED) is 0.0774. The molecule has 1 aliphatic heterocycles. The maximum Gasteiger partial charge on any atom is 0.340 e. The lowest BCUT2D eigenvalue weighted by molar-refractivity contribution is -0.0483. The SMILES string of the molecule is O=P(O)(O)CP(=O)(O)OC[C@H]1O[C@@H](n2cnc3c(Nc4ccc5ccc6cccc7ccc4c5c67)nc(Cl)nc32)[C@@H](O)C1O. The average Bonchev–Trinajstić information content (AvgIpc) is 3.50. The Morgan fingerprint density at radius 3 is 2.34 bits per heavy atom. The number of anilines is 2. The van der Waals surface area contributed by atoms with Gasteiger partial charge in [0.15, 0.2) is 29.1 Å². The second-order valence-electron chi connectivity index (χ2n) is 10.5. The monoisotopic (exact) mass is 659 g/mol. The molecule has 1 aliphatic rings. The molecule has 3 heterocycles. The lowest BCUT2D eigenvalue weighted by Crippen LogP contribution is -2.33. The second-order valence-corrected chi connectivity index (χ2v) is 14.9. The molecule has 2 aromatic heterocycles. The molecule has 6 N–H and O–H groups in total. The third kappa shape index (κ3) is 5.23. The number of aromatic nitrogens is 4. The van der Waals surface area contributed by atoms with Gasteiger partial charge in [-0.2, -0.15) is 9.97 Å². The zero-order valence-corrected chi connectivity index (χ0v) is 25.0. The standard InChI is InChI=1S/C27H24ClN5O9P2/c28-27-31-24(30-17-9-7-15-5-4-13-2-1-3-14-6-8-16(17)20(15)19(13)14)21-25(32-27)33(11-29-21)26-23(35)22(34)18(42-26)10-41-44(39,40)12-43(36,37)38/h1-9,11,18,22-23,26,34-35H,10,12H2,(H,39,40)(H,30,31,32)(H2,36,37,38)/t18-,22?,23+,26-/m1/s1. The van der Waals surface area contributed by atoms with Crippen LogP contribution in [0.3, 0.4) is 0 Å². The van der Waals surface area contributed by atoms with Gasteiger partial charge < -0.3 is 39.5 Å². The minimum Gasteiger partial charge on any atom is -0.387 e. The van der Waals surface area contributed by atoms with E-state index in [4.69, 9.17) is 30.6 Å². The van der Waals surface area contributed by atoms with Crippen molar-refractivity contribution in [2.75, 3.05) is 17.8 Å². The van der Waals surface area contributed by atoms with E-state index in [-0.39, 0.29) is 22.3 Å². The predicted octanol–water partition coefficient (Wildman–Crippen LogP) is 4.08. The minimum atomic E-state index is -4.86. The Labute approximate surface area is 252 Å². The van der Waals surface area contributed by atoms with Crippen LogP contribution in [0.5, 0.6) is 0 Å². The van der Waals surface area contributed by atoms with Crippen LogP contribution in [0.25, 0.3) is 43.5 Å². The normalized spacial score (nSPS) is 22.4. The first-order valence-electron chi connectivity index (χ1n) is 13.2. The van der Waals surface area contributed by atoms with Crippen LogP contribution in [0.1, 0.15) is 6.23 Å². The van der Waals surface area contributed by atoms with E-state index in [2.05, 4.69) is 50.6 Å². The molecule has 5 atom stereocenters. The Morgan fingerprint density at radius 1 is 0.932 bits per heavy atom.